The fourth-order valence-electron chi connectivity index (χ4n) is 6.16. The summed E-state index contributed by atoms with van der Waals surface area (Å²) in [6.07, 6.45) is 2.29. The maximum absolute atomic E-state index is 14.4. The van der Waals surface area contributed by atoms with Gasteiger partial charge in [0.2, 0.25) is 0 Å². The molecule has 2 atom stereocenters. The number of nitrogens with zero attached hydrogens (tertiary/aromatic N) is 1. The first-order chi connectivity index (χ1) is 16.7. The number of rotatable bonds is 2. The molecule has 0 amide bonds. The lowest BCUT2D eigenvalue weighted by molar-refractivity contribution is 0.431. The molecule has 35 heavy (non-hydrogen) atoms. The van der Waals surface area contributed by atoms with Crippen molar-refractivity contribution < 1.29 is 24.1 Å². The van der Waals surface area contributed by atoms with Crippen molar-refractivity contribution in [3.63, 3.8) is 0 Å². The summed E-state index contributed by atoms with van der Waals surface area (Å²) in [6.45, 7) is 3.86. The van der Waals surface area contributed by atoms with E-state index in [0.717, 1.165) is 5.56 Å². The van der Waals surface area contributed by atoms with Gasteiger partial charge in [0.1, 0.15) is 28.9 Å². The highest BCUT2D eigenvalue weighted by atomic mass is 19.1. The van der Waals surface area contributed by atoms with Crippen LogP contribution in [-0.4, -0.2) is 19.9 Å². The van der Waals surface area contributed by atoms with Crippen LogP contribution in [0.1, 0.15) is 66.5 Å². The predicted molar refractivity (Wildman–Crippen MR) is 130 cm³/mol. The SMILES string of the molecule is CC1CCc2cc(F)cc3c(O)c(Cc4c(O)c5cc(F)cc6c5n(c4=O)C(C)CC6)c(O)c1c23. The Morgan fingerprint density at radius 2 is 1.49 bits per heavy atom. The fourth-order valence-corrected chi connectivity index (χ4v) is 6.16. The zero-order valence-corrected chi connectivity index (χ0v) is 19.5. The minimum atomic E-state index is -0.508. The summed E-state index contributed by atoms with van der Waals surface area (Å²) in [6, 6.07) is 5.09. The van der Waals surface area contributed by atoms with Gasteiger partial charge < -0.3 is 19.9 Å². The van der Waals surface area contributed by atoms with E-state index in [-0.39, 0.29) is 57.5 Å². The minimum Gasteiger partial charge on any atom is -0.507 e. The van der Waals surface area contributed by atoms with Gasteiger partial charge in [0.15, 0.2) is 0 Å². The molecule has 180 valence electrons. The molecule has 3 aromatic carbocycles. The zero-order valence-electron chi connectivity index (χ0n) is 19.5. The van der Waals surface area contributed by atoms with Gasteiger partial charge in [-0.25, -0.2) is 8.78 Å². The number of hydrogen-bond donors (Lipinski definition) is 3. The Kier molecular flexibility index (Phi) is 4.66. The Morgan fingerprint density at radius 1 is 0.857 bits per heavy atom. The van der Waals surface area contributed by atoms with Crippen LogP contribution in [0.15, 0.2) is 29.1 Å². The first kappa shape index (κ1) is 21.9. The third kappa shape index (κ3) is 3.00. The molecule has 0 saturated carbocycles. The molecule has 4 aromatic rings. The molecule has 2 unspecified atom stereocenters. The van der Waals surface area contributed by atoms with Gasteiger partial charge in [-0.2, -0.15) is 0 Å². The van der Waals surface area contributed by atoms with E-state index in [1.165, 1.54) is 24.3 Å². The predicted octanol–water partition coefficient (Wildman–Crippen LogP) is 5.70. The number of pyridine rings is 1. The number of benzene rings is 3. The molecule has 2 heterocycles. The number of phenolic OH excluding ortho intramolecular Hbond substituents is 2. The molecule has 5 nitrogen and oxygen atoms in total. The molecule has 0 bridgehead atoms. The van der Waals surface area contributed by atoms with Crippen LogP contribution in [0.2, 0.25) is 0 Å². The highest BCUT2D eigenvalue weighted by molar-refractivity contribution is 5.98. The van der Waals surface area contributed by atoms with Crippen molar-refractivity contribution in [3.8, 4) is 17.2 Å². The lowest BCUT2D eigenvalue weighted by Gasteiger charge is -2.28. The van der Waals surface area contributed by atoms with Crippen molar-refractivity contribution in [1.82, 2.24) is 4.57 Å². The molecule has 0 radical (unpaired) electrons. The molecule has 0 saturated heterocycles. The van der Waals surface area contributed by atoms with Crippen molar-refractivity contribution in [2.24, 2.45) is 0 Å². The van der Waals surface area contributed by atoms with E-state index in [1.807, 2.05) is 13.8 Å². The smallest absolute Gasteiger partial charge is 0.258 e. The van der Waals surface area contributed by atoms with Crippen LogP contribution in [0, 0.1) is 11.6 Å². The van der Waals surface area contributed by atoms with E-state index in [1.54, 1.807) is 4.57 Å². The number of phenols is 2. The highest BCUT2D eigenvalue weighted by Crippen LogP contribution is 2.49. The average Bonchev–Trinajstić information content (AvgIpc) is 2.81. The van der Waals surface area contributed by atoms with Crippen LogP contribution in [0.5, 0.6) is 17.2 Å². The second-order valence-corrected chi connectivity index (χ2v) is 10.0. The summed E-state index contributed by atoms with van der Waals surface area (Å²) in [4.78, 5) is 13.6. The van der Waals surface area contributed by atoms with E-state index in [4.69, 9.17) is 0 Å². The number of aromatic hydroxyl groups is 3. The van der Waals surface area contributed by atoms with Crippen LogP contribution in [-0.2, 0) is 19.3 Å². The van der Waals surface area contributed by atoms with Crippen LogP contribution in [0.4, 0.5) is 8.78 Å². The third-order valence-electron chi connectivity index (χ3n) is 7.91. The van der Waals surface area contributed by atoms with E-state index in [9.17, 15) is 28.9 Å². The Hall–Kier alpha value is -3.61. The average molecular weight is 478 g/mol. The molecule has 2 aliphatic rings. The molecular formula is C28H25F2NO4. The maximum Gasteiger partial charge on any atom is 0.258 e. The summed E-state index contributed by atoms with van der Waals surface area (Å²) in [5.74, 6) is -1.88. The summed E-state index contributed by atoms with van der Waals surface area (Å²) in [5, 5.41) is 34.7. The Balaban J connectivity index is 1.66. The van der Waals surface area contributed by atoms with E-state index in [2.05, 4.69) is 0 Å². The molecule has 0 fully saturated rings. The van der Waals surface area contributed by atoms with E-state index < -0.39 is 17.2 Å². The lowest BCUT2D eigenvalue weighted by Crippen LogP contribution is -2.30. The fraction of sp³-hybridized carbons (Fsp3) is 0.321. The van der Waals surface area contributed by atoms with Gasteiger partial charge in [0.25, 0.3) is 5.56 Å². The molecule has 1 aromatic heterocycles. The number of aromatic nitrogens is 1. The van der Waals surface area contributed by atoms with Gasteiger partial charge in [0.05, 0.1) is 11.1 Å². The van der Waals surface area contributed by atoms with Gasteiger partial charge >= 0.3 is 0 Å². The molecule has 1 aliphatic carbocycles. The van der Waals surface area contributed by atoms with Gasteiger partial charge in [-0.15, -0.1) is 0 Å². The third-order valence-corrected chi connectivity index (χ3v) is 7.91. The van der Waals surface area contributed by atoms with Crippen molar-refractivity contribution in [2.75, 3.05) is 0 Å². The van der Waals surface area contributed by atoms with Gasteiger partial charge in [-0.05, 0) is 79.3 Å². The normalized spacial score (nSPS) is 19.0. The monoisotopic (exact) mass is 477 g/mol. The molecular weight excluding hydrogens is 452 g/mol. The van der Waals surface area contributed by atoms with Crippen LogP contribution >= 0.6 is 0 Å². The Bertz CT molecular complexity index is 1640. The van der Waals surface area contributed by atoms with E-state index in [0.29, 0.717) is 47.7 Å². The number of aryl methyl sites for hydroxylation is 2. The van der Waals surface area contributed by atoms with Crippen LogP contribution < -0.4 is 5.56 Å². The minimum absolute atomic E-state index is 0.0416. The van der Waals surface area contributed by atoms with E-state index >= 15 is 0 Å². The van der Waals surface area contributed by atoms with Crippen molar-refractivity contribution in [3.05, 3.63) is 74.1 Å². The van der Waals surface area contributed by atoms with Crippen molar-refractivity contribution in [1.29, 1.82) is 0 Å². The molecule has 3 N–H and O–H groups in total. The standard InChI is InChI=1S/C28H25F2NO4/c1-12-3-5-14-7-16(29)9-18-23(14)22(12)27(34)20(25(18)32)11-21-26(33)19-10-17(30)8-15-6-4-13(2)31(24(15)19)28(21)35/h7-10,12-13,32-34H,3-6,11H2,1-2H3. The second kappa shape index (κ2) is 7.44. The quantitative estimate of drug-likeness (QED) is 0.346. The van der Waals surface area contributed by atoms with Gasteiger partial charge in [-0.3, -0.25) is 4.79 Å². The molecule has 1 aliphatic heterocycles. The highest BCUT2D eigenvalue weighted by Gasteiger charge is 2.31. The summed E-state index contributed by atoms with van der Waals surface area (Å²) >= 11 is 0. The molecule has 6 rings (SSSR count). The first-order valence-electron chi connectivity index (χ1n) is 11.9. The molecule has 7 heteroatoms. The lowest BCUT2D eigenvalue weighted by atomic mass is 9.79. The van der Waals surface area contributed by atoms with Gasteiger partial charge in [0, 0.05) is 34.4 Å². The Labute approximate surface area is 199 Å². The zero-order chi connectivity index (χ0) is 24.8. The topological polar surface area (TPSA) is 82.7 Å². The second-order valence-electron chi connectivity index (χ2n) is 10.0. The van der Waals surface area contributed by atoms with Crippen molar-refractivity contribution in [2.45, 2.75) is 57.9 Å². The Morgan fingerprint density at radius 3 is 2.23 bits per heavy atom. The van der Waals surface area contributed by atoms with Crippen molar-refractivity contribution >= 4 is 21.7 Å². The summed E-state index contributed by atoms with van der Waals surface area (Å²) in [7, 11) is 0. The van der Waals surface area contributed by atoms with Crippen LogP contribution in [0.25, 0.3) is 21.7 Å². The number of halogens is 2. The number of hydrogen-bond acceptors (Lipinski definition) is 4. The van der Waals surface area contributed by atoms with Gasteiger partial charge in [-0.1, -0.05) is 6.92 Å². The van der Waals surface area contributed by atoms with Crippen LogP contribution in [0.3, 0.4) is 0 Å². The maximum atomic E-state index is 14.4. The first-order valence-corrected chi connectivity index (χ1v) is 11.9. The summed E-state index contributed by atoms with van der Waals surface area (Å²) in [5.41, 5.74) is 2.07. The molecule has 0 spiro atoms. The summed E-state index contributed by atoms with van der Waals surface area (Å²) < 4.78 is 30.4. The largest absolute Gasteiger partial charge is 0.507 e.